The third kappa shape index (κ3) is 2.25. The number of rotatable bonds is 4. The van der Waals surface area contributed by atoms with E-state index < -0.39 is 0 Å². The Kier molecular flexibility index (Phi) is 2.90. The lowest BCUT2D eigenvalue weighted by molar-refractivity contribution is 0.663. The Morgan fingerprint density at radius 2 is 2.54 bits per heavy atom. The summed E-state index contributed by atoms with van der Waals surface area (Å²) in [4.78, 5) is 0. The van der Waals surface area contributed by atoms with Crippen LogP contribution in [-0.2, 0) is 0 Å². The molecule has 1 aromatic heterocycles. The van der Waals surface area contributed by atoms with E-state index in [9.17, 15) is 0 Å². The fourth-order valence-corrected chi connectivity index (χ4v) is 2.08. The van der Waals surface area contributed by atoms with E-state index in [1.54, 1.807) is 11.8 Å². The maximum absolute atomic E-state index is 5.42. The first kappa shape index (κ1) is 9.09. The molecule has 0 atom stereocenters. The molecule has 0 amide bonds. The van der Waals surface area contributed by atoms with Crippen LogP contribution >= 0.6 is 23.4 Å². The summed E-state index contributed by atoms with van der Waals surface area (Å²) in [5.74, 6) is 0.856. The van der Waals surface area contributed by atoms with E-state index in [2.05, 4.69) is 14.8 Å². The second-order valence-electron chi connectivity index (χ2n) is 2.92. The van der Waals surface area contributed by atoms with E-state index >= 15 is 0 Å². The molecule has 0 N–H and O–H groups in total. The third-order valence-corrected chi connectivity index (χ3v) is 2.97. The maximum Gasteiger partial charge on any atom is 0.191 e. The molecule has 0 aromatic carbocycles. The summed E-state index contributed by atoms with van der Waals surface area (Å²) in [6.45, 7) is 0. The van der Waals surface area contributed by atoms with Crippen LogP contribution in [0, 0.1) is 0 Å². The first-order valence-electron chi connectivity index (χ1n) is 4.19. The standard InChI is InChI=1S/C8H10ClN3S/c9-4-1-5-13-8-11-10-6-12(8)7-2-3-7/h1,4,6-7H,2-3,5H2/b4-1+. The monoisotopic (exact) mass is 215 g/mol. The molecule has 0 unspecified atom stereocenters. The van der Waals surface area contributed by atoms with Crippen LogP contribution in [-0.4, -0.2) is 20.5 Å². The maximum atomic E-state index is 5.42. The Labute approximate surface area is 86.2 Å². The van der Waals surface area contributed by atoms with Crippen molar-refractivity contribution in [2.24, 2.45) is 0 Å². The van der Waals surface area contributed by atoms with Gasteiger partial charge in [-0.3, -0.25) is 0 Å². The highest BCUT2D eigenvalue weighted by molar-refractivity contribution is 7.99. The van der Waals surface area contributed by atoms with Gasteiger partial charge in [0.2, 0.25) is 0 Å². The van der Waals surface area contributed by atoms with Gasteiger partial charge in [0.25, 0.3) is 0 Å². The molecular weight excluding hydrogens is 206 g/mol. The first-order chi connectivity index (χ1) is 6.42. The fourth-order valence-electron chi connectivity index (χ4n) is 1.10. The van der Waals surface area contributed by atoms with Crippen molar-refractivity contribution in [1.82, 2.24) is 14.8 Å². The van der Waals surface area contributed by atoms with Crippen LogP contribution in [0.15, 0.2) is 23.1 Å². The molecule has 1 aliphatic carbocycles. The molecule has 2 rings (SSSR count). The number of hydrogen-bond donors (Lipinski definition) is 0. The van der Waals surface area contributed by atoms with Crippen LogP contribution in [0.1, 0.15) is 18.9 Å². The van der Waals surface area contributed by atoms with Crippen LogP contribution in [0.4, 0.5) is 0 Å². The minimum absolute atomic E-state index is 0.650. The Morgan fingerprint density at radius 1 is 1.69 bits per heavy atom. The van der Waals surface area contributed by atoms with Gasteiger partial charge in [-0.15, -0.1) is 10.2 Å². The zero-order valence-corrected chi connectivity index (χ0v) is 8.63. The smallest absolute Gasteiger partial charge is 0.191 e. The van der Waals surface area contributed by atoms with E-state index in [1.807, 2.05) is 12.4 Å². The van der Waals surface area contributed by atoms with Gasteiger partial charge >= 0.3 is 0 Å². The predicted octanol–water partition coefficient (Wildman–Crippen LogP) is 2.46. The molecular formula is C8H10ClN3S. The van der Waals surface area contributed by atoms with Crippen molar-refractivity contribution in [3.8, 4) is 0 Å². The van der Waals surface area contributed by atoms with E-state index in [-0.39, 0.29) is 0 Å². The Hall–Kier alpha value is -0.480. The lowest BCUT2D eigenvalue weighted by atomic mass is 10.7. The van der Waals surface area contributed by atoms with Crippen LogP contribution in [0.2, 0.25) is 0 Å². The van der Waals surface area contributed by atoms with E-state index in [0.29, 0.717) is 6.04 Å². The van der Waals surface area contributed by atoms with Crippen LogP contribution < -0.4 is 0 Å². The average molecular weight is 216 g/mol. The Bertz CT molecular complexity index is 306. The van der Waals surface area contributed by atoms with Crippen molar-refractivity contribution in [3.63, 3.8) is 0 Å². The molecule has 13 heavy (non-hydrogen) atoms. The predicted molar refractivity (Wildman–Crippen MR) is 54.0 cm³/mol. The highest BCUT2D eigenvalue weighted by Gasteiger charge is 2.25. The van der Waals surface area contributed by atoms with Gasteiger partial charge in [-0.25, -0.2) is 0 Å². The lowest BCUT2D eigenvalue weighted by Crippen LogP contribution is -1.94. The zero-order valence-electron chi connectivity index (χ0n) is 7.06. The van der Waals surface area contributed by atoms with Crippen molar-refractivity contribution in [2.45, 2.75) is 24.0 Å². The minimum atomic E-state index is 0.650. The quantitative estimate of drug-likeness (QED) is 0.723. The van der Waals surface area contributed by atoms with Gasteiger partial charge in [0.15, 0.2) is 5.16 Å². The first-order valence-corrected chi connectivity index (χ1v) is 5.61. The zero-order chi connectivity index (χ0) is 9.10. The van der Waals surface area contributed by atoms with Crippen LogP contribution in [0.5, 0.6) is 0 Å². The molecule has 70 valence electrons. The van der Waals surface area contributed by atoms with Gasteiger partial charge in [-0.1, -0.05) is 29.4 Å². The second-order valence-corrected chi connectivity index (χ2v) is 4.16. The molecule has 0 bridgehead atoms. The van der Waals surface area contributed by atoms with Crippen molar-refractivity contribution in [1.29, 1.82) is 0 Å². The molecule has 0 radical (unpaired) electrons. The summed E-state index contributed by atoms with van der Waals surface area (Å²) in [5, 5.41) is 8.94. The molecule has 0 spiro atoms. The number of aromatic nitrogens is 3. The number of thioether (sulfide) groups is 1. The van der Waals surface area contributed by atoms with Gasteiger partial charge in [-0.2, -0.15) is 0 Å². The molecule has 1 aromatic rings. The van der Waals surface area contributed by atoms with E-state index in [1.165, 1.54) is 18.4 Å². The SMILES string of the molecule is Cl/C=C/CSc1nncn1C1CC1. The molecule has 0 saturated heterocycles. The molecule has 5 heteroatoms. The van der Waals surface area contributed by atoms with Crippen LogP contribution in [0.25, 0.3) is 0 Å². The Morgan fingerprint density at radius 3 is 3.23 bits per heavy atom. The van der Waals surface area contributed by atoms with Crippen molar-refractivity contribution in [2.75, 3.05) is 5.75 Å². The third-order valence-electron chi connectivity index (χ3n) is 1.88. The van der Waals surface area contributed by atoms with Crippen molar-refractivity contribution in [3.05, 3.63) is 17.9 Å². The van der Waals surface area contributed by atoms with E-state index in [0.717, 1.165) is 10.9 Å². The number of nitrogens with zero attached hydrogens (tertiary/aromatic N) is 3. The number of halogens is 1. The summed E-state index contributed by atoms with van der Waals surface area (Å²) < 4.78 is 2.15. The summed E-state index contributed by atoms with van der Waals surface area (Å²) in [6.07, 6.45) is 6.23. The molecule has 3 nitrogen and oxygen atoms in total. The normalized spacial score (nSPS) is 17.0. The summed E-state index contributed by atoms with van der Waals surface area (Å²) >= 11 is 7.08. The molecule has 1 heterocycles. The van der Waals surface area contributed by atoms with Gasteiger partial charge in [0, 0.05) is 17.3 Å². The molecule has 0 aliphatic heterocycles. The largest absolute Gasteiger partial charge is 0.306 e. The lowest BCUT2D eigenvalue weighted by Gasteiger charge is -2.00. The average Bonchev–Trinajstić information content (AvgIpc) is 2.88. The minimum Gasteiger partial charge on any atom is -0.306 e. The van der Waals surface area contributed by atoms with E-state index in [4.69, 9.17) is 11.6 Å². The Balaban J connectivity index is 1.98. The number of hydrogen-bond acceptors (Lipinski definition) is 3. The highest BCUT2D eigenvalue weighted by Crippen LogP contribution is 2.37. The highest BCUT2D eigenvalue weighted by atomic mass is 35.5. The summed E-state index contributed by atoms with van der Waals surface area (Å²) in [5.41, 5.74) is 1.53. The van der Waals surface area contributed by atoms with Crippen LogP contribution in [0.3, 0.4) is 0 Å². The van der Waals surface area contributed by atoms with Gasteiger partial charge in [0.1, 0.15) is 6.33 Å². The van der Waals surface area contributed by atoms with Crippen molar-refractivity contribution < 1.29 is 0 Å². The summed E-state index contributed by atoms with van der Waals surface area (Å²) in [6, 6.07) is 0.650. The molecule has 1 aliphatic rings. The molecule has 1 saturated carbocycles. The van der Waals surface area contributed by atoms with Gasteiger partial charge in [-0.05, 0) is 12.8 Å². The van der Waals surface area contributed by atoms with Gasteiger partial charge < -0.3 is 4.57 Å². The molecule has 1 fully saturated rings. The second kappa shape index (κ2) is 4.15. The van der Waals surface area contributed by atoms with Gasteiger partial charge in [0.05, 0.1) is 0 Å². The topological polar surface area (TPSA) is 30.7 Å². The fraction of sp³-hybridized carbons (Fsp3) is 0.500. The van der Waals surface area contributed by atoms with Crippen molar-refractivity contribution >= 4 is 23.4 Å². The summed E-state index contributed by atoms with van der Waals surface area (Å²) in [7, 11) is 0.